The molecule has 0 spiro atoms. The van der Waals surface area contributed by atoms with Gasteiger partial charge in [0.2, 0.25) is 5.91 Å². The van der Waals surface area contributed by atoms with Crippen molar-refractivity contribution < 1.29 is 9.53 Å². The first-order valence-electron chi connectivity index (χ1n) is 10.3. The second-order valence-corrected chi connectivity index (χ2v) is 9.97. The normalized spacial score (nSPS) is 18.4. The Morgan fingerprint density at radius 3 is 2.66 bits per heavy atom. The first kappa shape index (κ1) is 22.2. The van der Waals surface area contributed by atoms with Gasteiger partial charge < -0.3 is 20.3 Å². The third-order valence-corrected chi connectivity index (χ3v) is 6.58. The molecule has 1 aliphatic rings. The highest BCUT2D eigenvalue weighted by Crippen LogP contribution is 2.44. The van der Waals surface area contributed by atoms with Gasteiger partial charge in [-0.2, -0.15) is 0 Å². The molecule has 2 N–H and O–H groups in total. The molecule has 166 valence electrons. The number of amides is 1. The third kappa shape index (κ3) is 4.33. The molecule has 2 aromatic heterocycles. The minimum Gasteiger partial charge on any atom is -0.494 e. The van der Waals surface area contributed by atoms with E-state index >= 15 is 0 Å². The number of pyridine rings is 1. The van der Waals surface area contributed by atoms with Crippen molar-refractivity contribution >= 4 is 45.9 Å². The van der Waals surface area contributed by atoms with Crippen molar-refractivity contribution in [3.05, 3.63) is 70.7 Å². The number of nitrogens with one attached hydrogen (secondary N) is 2. The number of anilines is 2. The van der Waals surface area contributed by atoms with Crippen LogP contribution in [0.2, 0.25) is 0 Å². The zero-order valence-corrected chi connectivity index (χ0v) is 20.1. The Bertz CT molecular complexity index is 1110. The highest BCUT2D eigenvalue weighted by molar-refractivity contribution is 7.80. The maximum atomic E-state index is 12.5. The number of thiocarbonyl (C=S) groups is 1. The number of carbonyl (C=O) groups is 1. The van der Waals surface area contributed by atoms with Crippen molar-refractivity contribution in [2.24, 2.45) is 5.41 Å². The van der Waals surface area contributed by atoms with Crippen molar-refractivity contribution in [3.63, 3.8) is 0 Å². The summed E-state index contributed by atoms with van der Waals surface area (Å²) in [6.07, 6.45) is 1.80. The summed E-state index contributed by atoms with van der Waals surface area (Å²) in [5.74, 6) is 0.503. The number of rotatable bonds is 5. The van der Waals surface area contributed by atoms with Gasteiger partial charge in [-0.05, 0) is 47.9 Å². The molecular formula is C24H26N4O2S2. The summed E-state index contributed by atoms with van der Waals surface area (Å²) in [6, 6.07) is 15.6. The number of hydrogen-bond acceptors (Lipinski definition) is 5. The fourth-order valence-electron chi connectivity index (χ4n) is 3.62. The Hall–Kier alpha value is -2.97. The highest BCUT2D eigenvalue weighted by Gasteiger charge is 2.41. The van der Waals surface area contributed by atoms with Crippen molar-refractivity contribution in [1.29, 1.82) is 0 Å². The molecule has 1 fully saturated rings. The summed E-state index contributed by atoms with van der Waals surface area (Å²) in [6.45, 7) is 5.63. The second-order valence-electron chi connectivity index (χ2n) is 8.60. The van der Waals surface area contributed by atoms with Gasteiger partial charge in [-0.3, -0.25) is 9.78 Å². The minimum atomic E-state index is -0.510. The average Bonchev–Trinajstić information content (AvgIpc) is 3.41. The number of ether oxygens (including phenoxy) is 1. The standard InChI is InChI=1S/C24H26N4O2S2/c1-24(2,3)22(29)26-16-11-10-15(14-18(16)30-4)28-21(19-9-7-13-32-19)20(27-23(28)31)17-8-5-6-12-25-17/h5-14,20-21H,1-4H3,(H,26,29)(H,27,31)/t20-,21-/m0/s1. The van der Waals surface area contributed by atoms with E-state index in [4.69, 9.17) is 17.0 Å². The van der Waals surface area contributed by atoms with Crippen LogP contribution in [-0.4, -0.2) is 23.1 Å². The van der Waals surface area contributed by atoms with E-state index in [1.54, 1.807) is 24.6 Å². The van der Waals surface area contributed by atoms with Crippen LogP contribution >= 0.6 is 23.6 Å². The molecule has 6 nitrogen and oxygen atoms in total. The lowest BCUT2D eigenvalue weighted by molar-refractivity contribution is -0.123. The number of nitrogens with zero attached hydrogens (tertiary/aromatic N) is 2. The summed E-state index contributed by atoms with van der Waals surface area (Å²) in [7, 11) is 1.60. The van der Waals surface area contributed by atoms with Gasteiger partial charge in [0.15, 0.2) is 5.11 Å². The molecule has 2 atom stereocenters. The molecule has 0 aliphatic carbocycles. The molecule has 0 bridgehead atoms. The molecule has 3 heterocycles. The van der Waals surface area contributed by atoms with E-state index in [2.05, 4.69) is 32.0 Å². The fourth-order valence-corrected chi connectivity index (χ4v) is 4.82. The second kappa shape index (κ2) is 8.88. The molecule has 1 aromatic carbocycles. The van der Waals surface area contributed by atoms with Gasteiger partial charge in [0.25, 0.3) is 0 Å². The van der Waals surface area contributed by atoms with Crippen LogP contribution in [0.15, 0.2) is 60.1 Å². The van der Waals surface area contributed by atoms with Gasteiger partial charge in [-0.25, -0.2) is 0 Å². The van der Waals surface area contributed by atoms with Crippen LogP contribution in [0.3, 0.4) is 0 Å². The molecule has 1 aliphatic heterocycles. The SMILES string of the molecule is COc1cc(N2C(=S)N[C@@H](c3ccccn3)[C@@H]2c2cccs2)ccc1NC(=O)C(C)(C)C. The number of carbonyl (C=O) groups excluding carboxylic acids is 1. The van der Waals surface area contributed by atoms with Crippen molar-refractivity contribution in [2.45, 2.75) is 32.9 Å². The third-order valence-electron chi connectivity index (χ3n) is 5.33. The molecule has 32 heavy (non-hydrogen) atoms. The summed E-state index contributed by atoms with van der Waals surface area (Å²) < 4.78 is 5.62. The van der Waals surface area contributed by atoms with E-state index in [-0.39, 0.29) is 18.0 Å². The number of methoxy groups -OCH3 is 1. The first-order valence-corrected chi connectivity index (χ1v) is 11.6. The maximum absolute atomic E-state index is 12.5. The predicted octanol–water partition coefficient (Wildman–Crippen LogP) is 5.31. The quantitative estimate of drug-likeness (QED) is 0.497. The Balaban J connectivity index is 1.72. The van der Waals surface area contributed by atoms with Crippen molar-refractivity contribution in [1.82, 2.24) is 10.3 Å². The Labute approximate surface area is 197 Å². The minimum absolute atomic E-state index is 0.0582. The smallest absolute Gasteiger partial charge is 0.229 e. The Morgan fingerprint density at radius 2 is 2.03 bits per heavy atom. The molecule has 8 heteroatoms. The van der Waals surface area contributed by atoms with Gasteiger partial charge >= 0.3 is 0 Å². The summed E-state index contributed by atoms with van der Waals surface area (Å²) in [5, 5.41) is 9.10. The van der Waals surface area contributed by atoms with E-state index in [9.17, 15) is 4.79 Å². The van der Waals surface area contributed by atoms with Gasteiger partial charge in [0, 0.05) is 28.2 Å². The lowest BCUT2D eigenvalue weighted by Crippen LogP contribution is -2.29. The lowest BCUT2D eigenvalue weighted by atomic mass is 9.95. The molecule has 1 saturated heterocycles. The summed E-state index contributed by atoms with van der Waals surface area (Å²) in [4.78, 5) is 20.3. The zero-order chi connectivity index (χ0) is 22.9. The van der Waals surface area contributed by atoms with Gasteiger partial charge in [-0.15, -0.1) is 11.3 Å². The van der Waals surface area contributed by atoms with E-state index in [0.717, 1.165) is 11.4 Å². The molecule has 4 rings (SSSR count). The lowest BCUT2D eigenvalue weighted by Gasteiger charge is -2.27. The Morgan fingerprint density at radius 1 is 1.22 bits per heavy atom. The number of benzene rings is 1. The number of thiophene rings is 1. The van der Waals surface area contributed by atoms with Crippen LogP contribution in [-0.2, 0) is 4.79 Å². The summed E-state index contributed by atoms with van der Waals surface area (Å²) in [5.41, 5.74) is 1.93. The molecule has 3 aromatic rings. The van der Waals surface area contributed by atoms with Gasteiger partial charge in [-0.1, -0.05) is 32.9 Å². The molecule has 0 radical (unpaired) electrons. The fraction of sp³-hybridized carbons (Fsp3) is 0.292. The van der Waals surface area contributed by atoms with E-state index in [0.29, 0.717) is 16.5 Å². The van der Waals surface area contributed by atoms with Crippen LogP contribution < -0.4 is 20.3 Å². The maximum Gasteiger partial charge on any atom is 0.229 e. The van der Waals surface area contributed by atoms with Crippen LogP contribution in [0.4, 0.5) is 11.4 Å². The topological polar surface area (TPSA) is 66.5 Å². The average molecular weight is 467 g/mol. The van der Waals surface area contributed by atoms with E-state index in [1.807, 2.05) is 63.2 Å². The van der Waals surface area contributed by atoms with Gasteiger partial charge in [0.1, 0.15) is 5.75 Å². The Kier molecular flexibility index (Phi) is 6.17. The van der Waals surface area contributed by atoms with Crippen LogP contribution in [0.1, 0.15) is 43.4 Å². The highest BCUT2D eigenvalue weighted by atomic mass is 32.1. The van der Waals surface area contributed by atoms with Crippen molar-refractivity contribution in [2.75, 3.05) is 17.3 Å². The molecular weight excluding hydrogens is 440 g/mol. The molecule has 0 unspecified atom stereocenters. The van der Waals surface area contributed by atoms with Crippen LogP contribution in [0.5, 0.6) is 5.75 Å². The van der Waals surface area contributed by atoms with Crippen molar-refractivity contribution in [3.8, 4) is 5.75 Å². The number of hydrogen-bond donors (Lipinski definition) is 2. The van der Waals surface area contributed by atoms with E-state index in [1.165, 1.54) is 4.88 Å². The molecule has 1 amide bonds. The summed E-state index contributed by atoms with van der Waals surface area (Å²) >= 11 is 7.45. The monoisotopic (exact) mass is 466 g/mol. The van der Waals surface area contributed by atoms with Gasteiger partial charge in [0.05, 0.1) is 30.6 Å². The first-order chi connectivity index (χ1) is 15.3. The largest absolute Gasteiger partial charge is 0.494 e. The predicted molar refractivity (Wildman–Crippen MR) is 133 cm³/mol. The molecule has 0 saturated carbocycles. The van der Waals surface area contributed by atoms with E-state index < -0.39 is 5.41 Å². The number of aromatic nitrogens is 1. The van der Waals surface area contributed by atoms with Crippen LogP contribution in [0.25, 0.3) is 0 Å². The van der Waals surface area contributed by atoms with Crippen LogP contribution in [0, 0.1) is 5.41 Å². The zero-order valence-electron chi connectivity index (χ0n) is 18.5.